The summed E-state index contributed by atoms with van der Waals surface area (Å²) in [4.78, 5) is 0. The Balaban J connectivity index is 1.88. The Morgan fingerprint density at radius 1 is 1.25 bits per heavy atom. The normalized spacial score (nSPS) is 17.1. The fraction of sp³-hybridized carbons (Fsp3) is 0.625. The van der Waals surface area contributed by atoms with Crippen LogP contribution in [0.4, 0.5) is 0 Å². The topological polar surface area (TPSA) is 44.5 Å². The van der Waals surface area contributed by atoms with E-state index in [1.165, 1.54) is 31.4 Å². The van der Waals surface area contributed by atoms with Gasteiger partial charge in [-0.05, 0) is 30.6 Å². The van der Waals surface area contributed by atoms with Crippen LogP contribution in [0.3, 0.4) is 0 Å². The molecular weight excluding hydrogens is 270 g/mol. The molecule has 1 unspecified atom stereocenters. The quantitative estimate of drug-likeness (QED) is 0.834. The van der Waals surface area contributed by atoms with Gasteiger partial charge in [-0.15, -0.1) is 0 Å². The highest BCUT2D eigenvalue weighted by Gasteiger charge is 2.17. The van der Waals surface area contributed by atoms with Crippen LogP contribution in [0, 0.1) is 5.92 Å². The second-order valence-electron chi connectivity index (χ2n) is 5.40. The lowest BCUT2D eigenvalue weighted by atomic mass is 10.1. The fourth-order valence-corrected chi connectivity index (χ4v) is 3.99. The van der Waals surface area contributed by atoms with Gasteiger partial charge in [0.1, 0.15) is 11.5 Å². The Bertz CT molecular complexity index is 419. The number of ether oxygens (including phenoxy) is 2. The van der Waals surface area contributed by atoms with Gasteiger partial charge in [0.25, 0.3) is 0 Å². The van der Waals surface area contributed by atoms with Crippen molar-refractivity contribution in [2.45, 2.75) is 31.7 Å². The van der Waals surface area contributed by atoms with Crippen molar-refractivity contribution in [2.24, 2.45) is 11.7 Å². The first-order valence-corrected chi connectivity index (χ1v) is 8.45. The highest BCUT2D eigenvalue weighted by atomic mass is 32.2. The number of methoxy groups -OCH3 is 2. The van der Waals surface area contributed by atoms with Crippen LogP contribution in [0.1, 0.15) is 37.3 Å². The Kier molecular flexibility index (Phi) is 6.05. The molecule has 0 heterocycles. The molecule has 1 fully saturated rings. The number of benzene rings is 1. The molecule has 1 aliphatic rings. The molecule has 1 aliphatic carbocycles. The molecule has 1 aromatic rings. The van der Waals surface area contributed by atoms with E-state index in [0.717, 1.165) is 28.7 Å². The van der Waals surface area contributed by atoms with Crippen LogP contribution in [0.5, 0.6) is 11.5 Å². The second-order valence-corrected chi connectivity index (χ2v) is 6.48. The van der Waals surface area contributed by atoms with Crippen molar-refractivity contribution in [1.29, 1.82) is 0 Å². The highest BCUT2D eigenvalue weighted by molar-refractivity contribution is 7.99. The van der Waals surface area contributed by atoms with Crippen molar-refractivity contribution in [3.05, 3.63) is 23.8 Å². The summed E-state index contributed by atoms with van der Waals surface area (Å²) in [5.41, 5.74) is 7.37. The van der Waals surface area contributed by atoms with Crippen LogP contribution < -0.4 is 15.2 Å². The van der Waals surface area contributed by atoms with Crippen molar-refractivity contribution in [2.75, 3.05) is 25.7 Å². The van der Waals surface area contributed by atoms with E-state index in [4.69, 9.17) is 15.2 Å². The van der Waals surface area contributed by atoms with E-state index >= 15 is 0 Å². The minimum atomic E-state index is 0.0160. The standard InChI is InChI=1S/C16H25NO2S/c1-18-13-7-8-14(16(9-13)19-2)15(17)11-20-10-12-5-3-4-6-12/h7-9,12,15H,3-6,10-11,17H2,1-2H3. The molecule has 3 nitrogen and oxygen atoms in total. The van der Waals surface area contributed by atoms with E-state index in [2.05, 4.69) is 0 Å². The molecule has 0 radical (unpaired) electrons. The highest BCUT2D eigenvalue weighted by Crippen LogP contribution is 2.32. The first-order valence-electron chi connectivity index (χ1n) is 7.30. The number of hydrogen-bond acceptors (Lipinski definition) is 4. The molecule has 2 rings (SSSR count). The Hall–Kier alpha value is -0.870. The molecule has 0 aromatic heterocycles. The first kappa shape index (κ1) is 15.5. The van der Waals surface area contributed by atoms with E-state index in [1.54, 1.807) is 14.2 Å². The maximum atomic E-state index is 6.31. The minimum Gasteiger partial charge on any atom is -0.497 e. The molecule has 0 saturated heterocycles. The van der Waals surface area contributed by atoms with Crippen LogP contribution in [0.2, 0.25) is 0 Å². The van der Waals surface area contributed by atoms with E-state index in [0.29, 0.717) is 0 Å². The van der Waals surface area contributed by atoms with Gasteiger partial charge in [-0.1, -0.05) is 18.9 Å². The van der Waals surface area contributed by atoms with Crippen molar-refractivity contribution in [3.8, 4) is 11.5 Å². The lowest BCUT2D eigenvalue weighted by Crippen LogP contribution is -2.15. The predicted octanol–water partition coefficient (Wildman–Crippen LogP) is 3.63. The molecule has 112 valence electrons. The lowest BCUT2D eigenvalue weighted by Gasteiger charge is -2.17. The third kappa shape index (κ3) is 4.06. The van der Waals surface area contributed by atoms with Crippen molar-refractivity contribution in [3.63, 3.8) is 0 Å². The Labute approximate surface area is 126 Å². The van der Waals surface area contributed by atoms with Gasteiger partial charge in [-0.3, -0.25) is 0 Å². The van der Waals surface area contributed by atoms with Gasteiger partial charge < -0.3 is 15.2 Å². The smallest absolute Gasteiger partial charge is 0.127 e. The van der Waals surface area contributed by atoms with Gasteiger partial charge in [-0.25, -0.2) is 0 Å². The molecule has 0 amide bonds. The van der Waals surface area contributed by atoms with E-state index in [9.17, 15) is 0 Å². The zero-order valence-electron chi connectivity index (χ0n) is 12.4. The number of hydrogen-bond donors (Lipinski definition) is 1. The maximum Gasteiger partial charge on any atom is 0.127 e. The summed E-state index contributed by atoms with van der Waals surface area (Å²) in [6.45, 7) is 0. The molecule has 20 heavy (non-hydrogen) atoms. The fourth-order valence-electron chi connectivity index (χ4n) is 2.75. The first-order chi connectivity index (χ1) is 9.74. The Morgan fingerprint density at radius 2 is 2.00 bits per heavy atom. The van der Waals surface area contributed by atoms with Crippen LogP contribution in [-0.2, 0) is 0 Å². The maximum absolute atomic E-state index is 6.31. The van der Waals surface area contributed by atoms with E-state index in [1.807, 2.05) is 30.0 Å². The molecule has 1 saturated carbocycles. The summed E-state index contributed by atoms with van der Waals surface area (Å²) in [6, 6.07) is 5.87. The van der Waals surface area contributed by atoms with Gasteiger partial charge in [0.05, 0.1) is 14.2 Å². The van der Waals surface area contributed by atoms with Crippen LogP contribution in [0.25, 0.3) is 0 Å². The third-order valence-electron chi connectivity index (χ3n) is 3.97. The summed E-state index contributed by atoms with van der Waals surface area (Å²) in [7, 11) is 3.34. The second kappa shape index (κ2) is 7.79. The summed E-state index contributed by atoms with van der Waals surface area (Å²) in [5, 5.41) is 0. The van der Waals surface area contributed by atoms with Crippen LogP contribution >= 0.6 is 11.8 Å². The summed E-state index contributed by atoms with van der Waals surface area (Å²) in [5.74, 6) is 4.71. The predicted molar refractivity (Wildman–Crippen MR) is 85.8 cm³/mol. The molecular formula is C16H25NO2S. The monoisotopic (exact) mass is 295 g/mol. The lowest BCUT2D eigenvalue weighted by molar-refractivity contribution is 0.389. The van der Waals surface area contributed by atoms with Crippen LogP contribution in [-0.4, -0.2) is 25.7 Å². The van der Waals surface area contributed by atoms with Crippen molar-refractivity contribution in [1.82, 2.24) is 0 Å². The molecule has 4 heteroatoms. The average molecular weight is 295 g/mol. The Morgan fingerprint density at radius 3 is 2.65 bits per heavy atom. The molecule has 0 spiro atoms. The van der Waals surface area contributed by atoms with Gasteiger partial charge in [-0.2, -0.15) is 11.8 Å². The summed E-state index contributed by atoms with van der Waals surface area (Å²) < 4.78 is 10.6. The van der Waals surface area contributed by atoms with E-state index < -0.39 is 0 Å². The van der Waals surface area contributed by atoms with Crippen LogP contribution in [0.15, 0.2) is 18.2 Å². The van der Waals surface area contributed by atoms with Gasteiger partial charge in [0.15, 0.2) is 0 Å². The largest absolute Gasteiger partial charge is 0.497 e. The molecule has 1 aromatic carbocycles. The molecule has 1 atom stereocenters. The number of thioether (sulfide) groups is 1. The number of nitrogens with two attached hydrogens (primary N) is 1. The van der Waals surface area contributed by atoms with Gasteiger partial charge in [0.2, 0.25) is 0 Å². The minimum absolute atomic E-state index is 0.0160. The average Bonchev–Trinajstić information content (AvgIpc) is 2.99. The van der Waals surface area contributed by atoms with Gasteiger partial charge >= 0.3 is 0 Å². The van der Waals surface area contributed by atoms with Gasteiger partial charge in [0, 0.05) is 23.4 Å². The van der Waals surface area contributed by atoms with Crippen molar-refractivity contribution < 1.29 is 9.47 Å². The third-order valence-corrected chi connectivity index (χ3v) is 5.27. The summed E-state index contributed by atoms with van der Waals surface area (Å²) in [6.07, 6.45) is 5.61. The van der Waals surface area contributed by atoms with E-state index in [-0.39, 0.29) is 6.04 Å². The molecule has 2 N–H and O–H groups in total. The molecule has 0 bridgehead atoms. The van der Waals surface area contributed by atoms with Crippen molar-refractivity contribution >= 4 is 11.8 Å². The molecule has 0 aliphatic heterocycles. The zero-order valence-corrected chi connectivity index (χ0v) is 13.2. The number of rotatable bonds is 7. The SMILES string of the molecule is COc1ccc(C(N)CSCC2CCCC2)c(OC)c1. The zero-order chi connectivity index (χ0) is 14.4. The summed E-state index contributed by atoms with van der Waals surface area (Å²) >= 11 is 1.97.